The van der Waals surface area contributed by atoms with Gasteiger partial charge < -0.3 is 10.2 Å². The Morgan fingerprint density at radius 2 is 2.03 bits per heavy atom. The second kappa shape index (κ2) is 7.99. The molecule has 4 heterocycles. The molecule has 10 heteroatoms. The van der Waals surface area contributed by atoms with Crippen molar-refractivity contribution in [3.05, 3.63) is 46.2 Å². The van der Waals surface area contributed by atoms with Gasteiger partial charge in [0.25, 0.3) is 15.9 Å². The number of nitrogens with zero attached hydrogens (tertiary/aromatic N) is 3. The Morgan fingerprint density at radius 1 is 1.20 bits per heavy atom. The topological polar surface area (TPSA) is 82.1 Å². The van der Waals surface area contributed by atoms with Crippen LogP contribution in [0.5, 0.6) is 0 Å². The first kappa shape index (κ1) is 20.0. The van der Waals surface area contributed by atoms with Crippen molar-refractivity contribution < 1.29 is 13.2 Å². The number of likely N-dealkylation sites (tertiary alicyclic amines) is 1. The van der Waals surface area contributed by atoms with E-state index in [-0.39, 0.29) is 17.7 Å². The maximum Gasteiger partial charge on any atom is 0.257 e. The molecule has 0 aliphatic carbocycles. The summed E-state index contributed by atoms with van der Waals surface area (Å²) in [6.45, 7) is 3.09. The van der Waals surface area contributed by atoms with Gasteiger partial charge >= 0.3 is 0 Å². The fraction of sp³-hybridized carbons (Fsp3) is 0.400. The molecule has 30 heavy (non-hydrogen) atoms. The molecule has 0 saturated carbocycles. The number of hydrogen-bond acceptors (Lipinski definition) is 7. The number of benzene rings is 1. The number of nitrogens with one attached hydrogen (secondary N) is 1. The molecule has 1 unspecified atom stereocenters. The lowest BCUT2D eigenvalue weighted by Gasteiger charge is -2.27. The van der Waals surface area contributed by atoms with Crippen LogP contribution in [0, 0.1) is 0 Å². The number of anilines is 1. The van der Waals surface area contributed by atoms with Gasteiger partial charge in [0.15, 0.2) is 5.17 Å². The largest absolute Gasteiger partial charge is 0.350 e. The number of rotatable bonds is 5. The predicted octanol–water partition coefficient (Wildman–Crippen LogP) is 2.93. The molecule has 3 aliphatic rings. The monoisotopic (exact) mass is 462 g/mol. The molecule has 1 saturated heterocycles. The Kier molecular flexibility index (Phi) is 5.34. The molecule has 1 aromatic carbocycles. The molecule has 5 rings (SSSR count). The van der Waals surface area contributed by atoms with E-state index in [2.05, 4.69) is 32.1 Å². The van der Waals surface area contributed by atoms with E-state index in [1.165, 1.54) is 29.5 Å². The third kappa shape index (κ3) is 3.89. The highest BCUT2D eigenvalue weighted by molar-refractivity contribution is 8.15. The molecule has 1 aromatic heterocycles. The minimum atomic E-state index is -3.39. The quantitative estimate of drug-likeness (QED) is 0.736. The Morgan fingerprint density at radius 3 is 2.80 bits per heavy atom. The second-order valence-electron chi connectivity index (χ2n) is 7.58. The number of sulfonamides is 1. The molecular weight excluding hydrogens is 440 g/mol. The predicted molar refractivity (Wildman–Crippen MR) is 121 cm³/mol. The average molecular weight is 463 g/mol. The number of carbonyl (C=O) groups is 1. The standard InChI is InChI=1S/C20H22N4O3S3/c25-19(21-13-16(17-4-3-10-28-17)23-7-1-2-8-23)14-5-6-15-18(12-14)29-20-22-30(26,27)11-9-24(15)20/h3-6,10,12,16H,1-2,7-9,11,13H2,(H,21,25). The van der Waals surface area contributed by atoms with Crippen LogP contribution in [0.3, 0.4) is 0 Å². The van der Waals surface area contributed by atoms with Crippen LogP contribution in [-0.4, -0.2) is 56.3 Å². The normalized spacial score (nSPS) is 21.1. The van der Waals surface area contributed by atoms with Crippen molar-refractivity contribution in [3.8, 4) is 0 Å². The van der Waals surface area contributed by atoms with Crippen molar-refractivity contribution in [1.29, 1.82) is 0 Å². The first-order chi connectivity index (χ1) is 14.5. The van der Waals surface area contributed by atoms with Crippen molar-refractivity contribution in [3.63, 3.8) is 0 Å². The van der Waals surface area contributed by atoms with Crippen LogP contribution in [0.2, 0.25) is 0 Å². The summed E-state index contributed by atoms with van der Waals surface area (Å²) in [7, 11) is -3.39. The number of carbonyl (C=O) groups excluding carboxylic acids is 1. The Labute approximate surface area is 184 Å². The number of fused-ring (bicyclic) bond motifs is 3. The first-order valence-electron chi connectivity index (χ1n) is 9.98. The molecule has 1 amide bonds. The van der Waals surface area contributed by atoms with Crippen LogP contribution in [0.1, 0.15) is 34.1 Å². The van der Waals surface area contributed by atoms with Gasteiger partial charge in [-0.2, -0.15) is 0 Å². The van der Waals surface area contributed by atoms with Gasteiger partial charge in [0.1, 0.15) is 0 Å². The molecule has 2 aromatic rings. The van der Waals surface area contributed by atoms with E-state index >= 15 is 0 Å². The highest BCUT2D eigenvalue weighted by Gasteiger charge is 2.33. The molecule has 1 fully saturated rings. The van der Waals surface area contributed by atoms with E-state index in [1.54, 1.807) is 17.4 Å². The number of amides is 1. The molecule has 7 nitrogen and oxygen atoms in total. The molecule has 0 spiro atoms. The smallest absolute Gasteiger partial charge is 0.257 e. The zero-order valence-corrected chi connectivity index (χ0v) is 18.7. The van der Waals surface area contributed by atoms with Crippen LogP contribution in [0.25, 0.3) is 0 Å². The highest BCUT2D eigenvalue weighted by atomic mass is 32.2. The van der Waals surface area contributed by atoms with E-state index in [4.69, 9.17) is 0 Å². The van der Waals surface area contributed by atoms with Gasteiger partial charge in [-0.3, -0.25) is 9.69 Å². The molecule has 3 aliphatic heterocycles. The molecule has 1 N–H and O–H groups in total. The van der Waals surface area contributed by atoms with Crippen LogP contribution in [0.15, 0.2) is 45.0 Å². The van der Waals surface area contributed by atoms with Gasteiger partial charge in [0, 0.05) is 28.4 Å². The van der Waals surface area contributed by atoms with E-state index in [0.717, 1.165) is 23.7 Å². The van der Waals surface area contributed by atoms with E-state index in [9.17, 15) is 13.2 Å². The van der Waals surface area contributed by atoms with Gasteiger partial charge in [-0.1, -0.05) is 6.07 Å². The molecule has 0 bridgehead atoms. The summed E-state index contributed by atoms with van der Waals surface area (Å²) in [5.74, 6) is -0.0992. The summed E-state index contributed by atoms with van der Waals surface area (Å²) in [6.07, 6.45) is 2.40. The van der Waals surface area contributed by atoms with E-state index < -0.39 is 10.0 Å². The van der Waals surface area contributed by atoms with Crippen molar-refractivity contribution in [1.82, 2.24) is 10.2 Å². The lowest BCUT2D eigenvalue weighted by atomic mass is 10.1. The minimum Gasteiger partial charge on any atom is -0.350 e. The van der Waals surface area contributed by atoms with Gasteiger partial charge in [0.2, 0.25) is 0 Å². The van der Waals surface area contributed by atoms with Gasteiger partial charge in [0.05, 0.1) is 17.5 Å². The fourth-order valence-electron chi connectivity index (χ4n) is 4.11. The van der Waals surface area contributed by atoms with Crippen LogP contribution < -0.4 is 10.2 Å². The number of thioether (sulfide) groups is 1. The van der Waals surface area contributed by atoms with Crippen molar-refractivity contribution in [2.75, 3.05) is 36.8 Å². The van der Waals surface area contributed by atoms with Crippen LogP contribution >= 0.6 is 23.1 Å². The molecular formula is C20H22N4O3S3. The maximum atomic E-state index is 12.9. The Bertz CT molecular complexity index is 1090. The SMILES string of the molecule is O=C(NCC(c1cccs1)N1CCCC1)c1ccc2c(c1)SC1=NS(=O)(=O)CCN12. The highest BCUT2D eigenvalue weighted by Crippen LogP contribution is 2.42. The summed E-state index contributed by atoms with van der Waals surface area (Å²) < 4.78 is 27.4. The van der Waals surface area contributed by atoms with Gasteiger partial charge in [-0.05, 0) is 67.3 Å². The van der Waals surface area contributed by atoms with Gasteiger partial charge in [-0.15, -0.1) is 15.7 Å². The van der Waals surface area contributed by atoms with Gasteiger partial charge in [-0.25, -0.2) is 8.42 Å². The first-order valence-corrected chi connectivity index (χ1v) is 13.3. The third-order valence-electron chi connectivity index (χ3n) is 5.64. The summed E-state index contributed by atoms with van der Waals surface area (Å²) >= 11 is 3.04. The number of thiophene rings is 1. The molecule has 0 radical (unpaired) electrons. The van der Waals surface area contributed by atoms with Crippen LogP contribution in [0.4, 0.5) is 5.69 Å². The van der Waals surface area contributed by atoms with Crippen molar-refractivity contribution >= 4 is 49.9 Å². The van der Waals surface area contributed by atoms with E-state index in [1.807, 2.05) is 17.0 Å². The van der Waals surface area contributed by atoms with E-state index in [0.29, 0.717) is 23.8 Å². The lowest BCUT2D eigenvalue weighted by Crippen LogP contribution is -2.36. The zero-order chi connectivity index (χ0) is 20.7. The van der Waals surface area contributed by atoms with Crippen molar-refractivity contribution in [2.45, 2.75) is 23.8 Å². The summed E-state index contributed by atoms with van der Waals surface area (Å²) in [5, 5.41) is 5.66. The fourth-order valence-corrected chi connectivity index (χ4v) is 7.26. The summed E-state index contributed by atoms with van der Waals surface area (Å²) in [6, 6.07) is 9.91. The van der Waals surface area contributed by atoms with Crippen LogP contribution in [-0.2, 0) is 10.0 Å². The maximum absolute atomic E-state index is 12.9. The zero-order valence-electron chi connectivity index (χ0n) is 16.3. The third-order valence-corrected chi connectivity index (χ3v) is 8.92. The van der Waals surface area contributed by atoms with Crippen molar-refractivity contribution in [2.24, 2.45) is 4.40 Å². The minimum absolute atomic E-state index is 0.0132. The lowest BCUT2D eigenvalue weighted by molar-refractivity contribution is 0.0938. The summed E-state index contributed by atoms with van der Waals surface area (Å²) in [5.41, 5.74) is 1.50. The Balaban J connectivity index is 1.31. The number of amidine groups is 1. The number of hydrogen-bond donors (Lipinski definition) is 1. The second-order valence-corrected chi connectivity index (χ2v) is 11.3. The average Bonchev–Trinajstić information content (AvgIpc) is 3.47. The summed E-state index contributed by atoms with van der Waals surface area (Å²) in [4.78, 5) is 19.4. The molecule has 1 atom stereocenters. The molecule has 158 valence electrons. The Hall–Kier alpha value is -1.88.